The van der Waals surface area contributed by atoms with Gasteiger partial charge in [0.25, 0.3) is 0 Å². The third-order valence-electron chi connectivity index (χ3n) is 2.57. The number of methoxy groups -OCH3 is 1. The van der Waals surface area contributed by atoms with Crippen molar-refractivity contribution in [2.24, 2.45) is 0 Å². The number of aromatic nitrogens is 2. The first kappa shape index (κ1) is 11.6. The van der Waals surface area contributed by atoms with Crippen molar-refractivity contribution in [2.75, 3.05) is 18.6 Å². The Bertz CT molecular complexity index is 380. The van der Waals surface area contributed by atoms with Crippen LogP contribution in [0.2, 0.25) is 0 Å². The molecule has 0 radical (unpaired) electrons. The monoisotopic (exact) mass is 242 g/mol. The Morgan fingerprint density at radius 1 is 1.69 bits per heavy atom. The number of carbonyl (C=O) groups excluding carboxylic acids is 1. The fourth-order valence-corrected chi connectivity index (χ4v) is 2.60. The molecule has 1 aliphatic rings. The lowest BCUT2D eigenvalue weighted by Gasteiger charge is -2.04. The minimum atomic E-state index is -0.205. The van der Waals surface area contributed by atoms with Gasteiger partial charge in [-0.25, -0.2) is 0 Å². The Hall–Kier alpha value is -0.880. The maximum atomic E-state index is 11.5. The van der Waals surface area contributed by atoms with E-state index in [1.54, 1.807) is 18.9 Å². The van der Waals surface area contributed by atoms with E-state index in [4.69, 9.17) is 9.26 Å². The van der Waals surface area contributed by atoms with Crippen LogP contribution in [0.4, 0.5) is 0 Å². The van der Waals surface area contributed by atoms with E-state index in [1.165, 1.54) is 0 Å². The van der Waals surface area contributed by atoms with Crippen molar-refractivity contribution < 1.29 is 14.1 Å². The van der Waals surface area contributed by atoms with Crippen LogP contribution in [0.15, 0.2) is 4.52 Å². The maximum Gasteiger partial charge on any atom is 0.238 e. The van der Waals surface area contributed by atoms with Gasteiger partial charge in [-0.05, 0) is 6.92 Å². The number of Topliss-reactive ketones (excluding diaryl/α,β-unsaturated/α-hetero) is 1. The highest BCUT2D eigenvalue weighted by Gasteiger charge is 2.31. The third-order valence-corrected chi connectivity index (χ3v) is 3.63. The van der Waals surface area contributed by atoms with Gasteiger partial charge in [-0.1, -0.05) is 5.16 Å². The van der Waals surface area contributed by atoms with Crippen molar-refractivity contribution in [2.45, 2.75) is 25.4 Å². The van der Waals surface area contributed by atoms with Gasteiger partial charge in [-0.3, -0.25) is 4.79 Å². The van der Waals surface area contributed by atoms with Gasteiger partial charge in [-0.15, -0.1) is 0 Å². The van der Waals surface area contributed by atoms with Gasteiger partial charge in [0, 0.05) is 19.3 Å². The van der Waals surface area contributed by atoms with E-state index in [9.17, 15) is 4.79 Å². The minimum absolute atomic E-state index is 0.0547. The van der Waals surface area contributed by atoms with Crippen LogP contribution in [0, 0.1) is 0 Å². The second-order valence-corrected chi connectivity index (χ2v) is 4.86. The number of carbonyl (C=O) groups is 1. The van der Waals surface area contributed by atoms with Crippen molar-refractivity contribution >= 4 is 17.5 Å². The van der Waals surface area contributed by atoms with Crippen LogP contribution in [-0.2, 0) is 16.0 Å². The molecule has 1 saturated heterocycles. The molecule has 1 aliphatic heterocycles. The average Bonchev–Trinajstić information content (AvgIpc) is 2.86. The van der Waals surface area contributed by atoms with E-state index in [2.05, 4.69) is 10.1 Å². The molecule has 0 bridgehead atoms. The van der Waals surface area contributed by atoms with Crippen LogP contribution in [-0.4, -0.2) is 40.6 Å². The van der Waals surface area contributed by atoms with Gasteiger partial charge in [0.2, 0.25) is 5.89 Å². The summed E-state index contributed by atoms with van der Waals surface area (Å²) >= 11 is 1.61. The summed E-state index contributed by atoms with van der Waals surface area (Å²) in [6, 6.07) is 0. The quantitative estimate of drug-likeness (QED) is 0.786. The topological polar surface area (TPSA) is 65.2 Å². The Morgan fingerprint density at radius 3 is 3.12 bits per heavy atom. The lowest BCUT2D eigenvalue weighted by molar-refractivity contribution is -0.117. The van der Waals surface area contributed by atoms with Crippen LogP contribution in [0.1, 0.15) is 24.6 Å². The van der Waals surface area contributed by atoms with E-state index < -0.39 is 0 Å². The summed E-state index contributed by atoms with van der Waals surface area (Å²) in [7, 11) is 1.64. The molecule has 88 valence electrons. The number of hydrogen-bond acceptors (Lipinski definition) is 6. The van der Waals surface area contributed by atoms with Crippen molar-refractivity contribution in [3.05, 3.63) is 11.7 Å². The molecule has 1 fully saturated rings. The average molecular weight is 242 g/mol. The molecular formula is C10H14N2O3S. The van der Waals surface area contributed by atoms with Gasteiger partial charge in [-0.2, -0.15) is 16.7 Å². The van der Waals surface area contributed by atoms with Gasteiger partial charge < -0.3 is 9.26 Å². The number of rotatable bonds is 4. The molecule has 2 heterocycles. The van der Waals surface area contributed by atoms with Gasteiger partial charge in [0.15, 0.2) is 11.6 Å². The lowest BCUT2D eigenvalue weighted by Crippen LogP contribution is -2.11. The van der Waals surface area contributed by atoms with E-state index in [0.29, 0.717) is 23.9 Å². The number of nitrogens with zero attached hydrogens (tertiary/aromatic N) is 2. The molecule has 0 aromatic carbocycles. The Kier molecular flexibility index (Phi) is 3.60. The molecule has 0 saturated carbocycles. The van der Waals surface area contributed by atoms with E-state index in [0.717, 1.165) is 5.75 Å². The fourth-order valence-electron chi connectivity index (χ4n) is 1.51. The normalized spacial score (nSPS) is 22.6. The molecule has 1 aromatic rings. The summed E-state index contributed by atoms with van der Waals surface area (Å²) in [5.74, 6) is 2.34. The van der Waals surface area contributed by atoms with Gasteiger partial charge in [0.05, 0.1) is 11.9 Å². The molecule has 2 unspecified atom stereocenters. The molecular weight excluding hydrogens is 228 g/mol. The van der Waals surface area contributed by atoms with Gasteiger partial charge in [0.1, 0.15) is 5.92 Å². The summed E-state index contributed by atoms with van der Waals surface area (Å²) in [6.45, 7) is 1.94. The van der Waals surface area contributed by atoms with E-state index in [1.807, 2.05) is 6.92 Å². The third kappa shape index (κ3) is 2.44. The van der Waals surface area contributed by atoms with Crippen LogP contribution >= 0.6 is 11.8 Å². The highest BCUT2D eigenvalue weighted by molar-refractivity contribution is 8.00. The zero-order valence-corrected chi connectivity index (χ0v) is 10.1. The van der Waals surface area contributed by atoms with Crippen molar-refractivity contribution in [1.29, 1.82) is 0 Å². The molecule has 2 atom stereocenters. The zero-order chi connectivity index (χ0) is 11.5. The first-order chi connectivity index (χ1) is 7.70. The molecule has 6 heteroatoms. The summed E-state index contributed by atoms with van der Waals surface area (Å²) in [4.78, 5) is 15.7. The molecule has 5 nitrogen and oxygen atoms in total. The summed E-state index contributed by atoms with van der Waals surface area (Å²) in [6.07, 6.45) is 0.660. The highest BCUT2D eigenvalue weighted by atomic mass is 32.2. The predicted molar refractivity (Wildman–Crippen MR) is 59.5 cm³/mol. The summed E-state index contributed by atoms with van der Waals surface area (Å²) < 4.78 is 10.2. The molecule has 16 heavy (non-hydrogen) atoms. The molecule has 2 rings (SSSR count). The SMILES string of the molecule is COC(C)Cc1noc(C2CSCC2=O)n1. The fraction of sp³-hybridized carbons (Fsp3) is 0.700. The maximum absolute atomic E-state index is 11.5. The smallest absolute Gasteiger partial charge is 0.238 e. The number of ether oxygens (including phenoxy) is 1. The Balaban J connectivity index is 2.04. The standard InChI is InChI=1S/C10H14N2O3S/c1-6(14-2)3-9-11-10(15-12-9)7-4-16-5-8(7)13/h6-7H,3-5H2,1-2H3. The molecule has 0 spiro atoms. The number of thioether (sulfide) groups is 1. The van der Waals surface area contributed by atoms with Crippen molar-refractivity contribution in [3.8, 4) is 0 Å². The largest absolute Gasteiger partial charge is 0.381 e. The van der Waals surface area contributed by atoms with Crippen molar-refractivity contribution in [1.82, 2.24) is 10.1 Å². The van der Waals surface area contributed by atoms with E-state index >= 15 is 0 Å². The van der Waals surface area contributed by atoms with Crippen LogP contribution in [0.5, 0.6) is 0 Å². The molecule has 0 amide bonds. The molecule has 0 N–H and O–H groups in total. The first-order valence-electron chi connectivity index (χ1n) is 5.16. The predicted octanol–water partition coefficient (Wildman–Crippen LogP) is 1.05. The molecule has 1 aromatic heterocycles. The highest BCUT2D eigenvalue weighted by Crippen LogP contribution is 2.28. The lowest BCUT2D eigenvalue weighted by atomic mass is 10.1. The minimum Gasteiger partial charge on any atom is -0.381 e. The van der Waals surface area contributed by atoms with Crippen LogP contribution in [0.3, 0.4) is 0 Å². The number of ketones is 1. The van der Waals surface area contributed by atoms with Crippen LogP contribution in [0.25, 0.3) is 0 Å². The van der Waals surface area contributed by atoms with E-state index in [-0.39, 0.29) is 17.8 Å². The van der Waals surface area contributed by atoms with Gasteiger partial charge >= 0.3 is 0 Å². The number of hydrogen-bond donors (Lipinski definition) is 0. The second-order valence-electron chi connectivity index (χ2n) is 3.83. The second kappa shape index (κ2) is 4.97. The Morgan fingerprint density at radius 2 is 2.50 bits per heavy atom. The first-order valence-corrected chi connectivity index (χ1v) is 6.32. The summed E-state index contributed by atoms with van der Waals surface area (Å²) in [5.41, 5.74) is 0. The molecule has 0 aliphatic carbocycles. The Labute approximate surface area is 97.9 Å². The summed E-state index contributed by atoms with van der Waals surface area (Å²) in [5, 5.41) is 3.86. The van der Waals surface area contributed by atoms with Crippen molar-refractivity contribution in [3.63, 3.8) is 0 Å². The van der Waals surface area contributed by atoms with Crippen LogP contribution < -0.4 is 0 Å². The zero-order valence-electron chi connectivity index (χ0n) is 9.30.